The lowest BCUT2D eigenvalue weighted by atomic mass is 9.89. The third-order valence-corrected chi connectivity index (χ3v) is 4.63. The van der Waals surface area contributed by atoms with Crippen LogP contribution in [-0.2, 0) is 10.8 Å². The molecule has 0 unspecified atom stereocenters. The molecule has 2 aromatic rings. The highest BCUT2D eigenvalue weighted by molar-refractivity contribution is 9.10. The van der Waals surface area contributed by atoms with Gasteiger partial charge in [-0.3, -0.25) is 0 Å². The molecule has 4 heterocycles. The Morgan fingerprint density at radius 3 is 1.96 bits per heavy atom. The first-order valence-electron chi connectivity index (χ1n) is 7.52. The quantitative estimate of drug-likeness (QED) is 0.656. The zero-order chi connectivity index (χ0) is 17.5. The fraction of sp³-hybridized carbons (Fsp3) is 0.500. The first kappa shape index (κ1) is 17.4. The number of hydrogen-bond donors (Lipinski definition) is 0. The summed E-state index contributed by atoms with van der Waals surface area (Å²) >= 11 is 9.01. The van der Waals surface area contributed by atoms with E-state index >= 15 is 0 Å². The van der Waals surface area contributed by atoms with Gasteiger partial charge in [0.1, 0.15) is 4.60 Å². The van der Waals surface area contributed by atoms with E-state index in [4.69, 9.17) is 21.1 Å². The van der Waals surface area contributed by atoms with E-state index in [1.54, 1.807) is 0 Å². The van der Waals surface area contributed by atoms with E-state index in [1.165, 1.54) is 0 Å². The summed E-state index contributed by atoms with van der Waals surface area (Å²) in [5, 5.41) is 15.8. The fourth-order valence-corrected chi connectivity index (χ4v) is 3.00. The molecule has 0 fully saturated rings. The lowest BCUT2D eigenvalue weighted by molar-refractivity contribution is 0.282. The van der Waals surface area contributed by atoms with Gasteiger partial charge in [0.15, 0.2) is 5.15 Å². The molecule has 128 valence electrons. The van der Waals surface area contributed by atoms with Gasteiger partial charge in [-0.25, -0.2) is 0 Å². The molecule has 2 aliphatic rings. The van der Waals surface area contributed by atoms with Crippen LogP contribution in [0.15, 0.2) is 16.7 Å². The Morgan fingerprint density at radius 1 is 0.875 bits per heavy atom. The van der Waals surface area contributed by atoms with Crippen LogP contribution in [0.3, 0.4) is 0 Å². The molecule has 2 aliphatic heterocycles. The average Bonchev–Trinajstić information content (AvgIpc) is 2.97. The Kier molecular flexibility index (Phi) is 4.42. The van der Waals surface area contributed by atoms with Gasteiger partial charge < -0.3 is 9.47 Å². The van der Waals surface area contributed by atoms with Crippen LogP contribution in [0.25, 0.3) is 0 Å². The molecule has 0 aromatic carbocycles. The fourth-order valence-electron chi connectivity index (χ4n) is 2.55. The molecule has 6 nitrogen and oxygen atoms in total. The standard InChI is InChI=1S/C8H9BrN2O.C8H9ClN2O/c2*1-8(2)4-12-7-5(8)3-6(9)10-11-7/h2*3H,4H2,1-2H3. The van der Waals surface area contributed by atoms with Crippen molar-refractivity contribution < 1.29 is 9.47 Å². The van der Waals surface area contributed by atoms with Crippen LogP contribution >= 0.6 is 27.5 Å². The average molecular weight is 414 g/mol. The highest BCUT2D eigenvalue weighted by atomic mass is 79.9. The molecule has 2 aromatic heterocycles. The predicted octanol–water partition coefficient (Wildman–Crippen LogP) is 3.71. The van der Waals surface area contributed by atoms with Crippen molar-refractivity contribution in [1.82, 2.24) is 20.4 Å². The first-order chi connectivity index (χ1) is 11.2. The minimum Gasteiger partial charge on any atom is -0.475 e. The molecule has 24 heavy (non-hydrogen) atoms. The van der Waals surface area contributed by atoms with Gasteiger partial charge in [0, 0.05) is 22.0 Å². The van der Waals surface area contributed by atoms with Gasteiger partial charge in [-0.1, -0.05) is 39.3 Å². The maximum atomic E-state index is 5.72. The number of aromatic nitrogens is 4. The van der Waals surface area contributed by atoms with Crippen LogP contribution in [0.4, 0.5) is 0 Å². The Balaban J connectivity index is 0.000000141. The predicted molar refractivity (Wildman–Crippen MR) is 93.8 cm³/mol. The number of fused-ring (bicyclic) bond motifs is 2. The molecule has 0 aliphatic carbocycles. The van der Waals surface area contributed by atoms with Crippen molar-refractivity contribution in [2.45, 2.75) is 38.5 Å². The van der Waals surface area contributed by atoms with Crippen molar-refractivity contribution >= 4 is 27.5 Å². The first-order valence-corrected chi connectivity index (χ1v) is 8.69. The summed E-state index contributed by atoms with van der Waals surface area (Å²) in [6.45, 7) is 9.79. The molecule has 0 atom stereocenters. The highest BCUT2D eigenvalue weighted by Crippen LogP contribution is 2.37. The maximum Gasteiger partial charge on any atom is 0.237 e. The Hall–Kier alpha value is -1.47. The zero-order valence-corrected chi connectivity index (χ0v) is 16.3. The summed E-state index contributed by atoms with van der Waals surface area (Å²) in [6.07, 6.45) is 0. The van der Waals surface area contributed by atoms with Crippen LogP contribution in [0.1, 0.15) is 38.8 Å². The van der Waals surface area contributed by atoms with Gasteiger partial charge >= 0.3 is 0 Å². The van der Waals surface area contributed by atoms with E-state index < -0.39 is 0 Å². The van der Waals surface area contributed by atoms with Crippen molar-refractivity contribution in [3.63, 3.8) is 0 Å². The van der Waals surface area contributed by atoms with E-state index in [9.17, 15) is 0 Å². The maximum absolute atomic E-state index is 5.72. The lowest BCUT2D eigenvalue weighted by Gasteiger charge is -2.13. The number of halogens is 2. The summed E-state index contributed by atoms with van der Waals surface area (Å²) in [6, 6.07) is 3.78. The molecule has 0 radical (unpaired) electrons. The van der Waals surface area contributed by atoms with Crippen LogP contribution in [0, 0.1) is 0 Å². The third kappa shape index (κ3) is 3.32. The third-order valence-electron chi connectivity index (χ3n) is 4.06. The second-order valence-corrected chi connectivity index (χ2v) is 8.32. The van der Waals surface area contributed by atoms with Gasteiger partial charge in [-0.2, -0.15) is 0 Å². The molecule has 0 saturated carbocycles. The molecule has 0 saturated heterocycles. The van der Waals surface area contributed by atoms with Gasteiger partial charge in [0.25, 0.3) is 0 Å². The molecular formula is C16H18BrClN4O2. The topological polar surface area (TPSA) is 70.0 Å². The van der Waals surface area contributed by atoms with E-state index in [2.05, 4.69) is 64.0 Å². The minimum absolute atomic E-state index is 0.00884. The molecule has 0 amide bonds. The van der Waals surface area contributed by atoms with Gasteiger partial charge in [-0.15, -0.1) is 20.4 Å². The minimum atomic E-state index is 0.00884. The van der Waals surface area contributed by atoms with E-state index in [1.807, 2.05) is 12.1 Å². The second-order valence-electron chi connectivity index (χ2n) is 7.12. The number of rotatable bonds is 0. The number of ether oxygens (including phenoxy) is 2. The summed E-state index contributed by atoms with van der Waals surface area (Å²) in [7, 11) is 0. The smallest absolute Gasteiger partial charge is 0.237 e. The van der Waals surface area contributed by atoms with E-state index in [0.717, 1.165) is 15.7 Å². The summed E-state index contributed by atoms with van der Waals surface area (Å²) < 4.78 is 11.5. The molecule has 0 N–H and O–H groups in total. The van der Waals surface area contributed by atoms with Crippen molar-refractivity contribution in [3.8, 4) is 11.8 Å². The van der Waals surface area contributed by atoms with Gasteiger partial charge in [0.2, 0.25) is 11.8 Å². The molecule has 8 heteroatoms. The number of nitrogens with zero attached hydrogens (tertiary/aromatic N) is 4. The van der Waals surface area contributed by atoms with Crippen molar-refractivity contribution in [2.75, 3.05) is 13.2 Å². The zero-order valence-electron chi connectivity index (χ0n) is 13.9. The largest absolute Gasteiger partial charge is 0.475 e. The van der Waals surface area contributed by atoms with Crippen LogP contribution in [0.2, 0.25) is 5.15 Å². The Labute approximate surface area is 154 Å². The Morgan fingerprint density at radius 2 is 1.38 bits per heavy atom. The van der Waals surface area contributed by atoms with Crippen molar-refractivity contribution in [2.24, 2.45) is 0 Å². The van der Waals surface area contributed by atoms with Crippen molar-refractivity contribution in [1.29, 1.82) is 0 Å². The van der Waals surface area contributed by atoms with Crippen LogP contribution < -0.4 is 9.47 Å². The SMILES string of the molecule is CC1(C)COc2nnc(Br)cc21.CC1(C)COc2nnc(Cl)cc21. The summed E-state index contributed by atoms with van der Waals surface area (Å²) in [4.78, 5) is 0. The van der Waals surface area contributed by atoms with E-state index in [0.29, 0.717) is 30.1 Å². The van der Waals surface area contributed by atoms with E-state index in [-0.39, 0.29) is 10.8 Å². The van der Waals surface area contributed by atoms with Gasteiger partial charge in [0.05, 0.1) is 13.2 Å². The molecular weight excluding hydrogens is 396 g/mol. The summed E-state index contributed by atoms with van der Waals surface area (Å²) in [5.41, 5.74) is 2.25. The van der Waals surface area contributed by atoms with Crippen LogP contribution in [0.5, 0.6) is 11.8 Å². The summed E-state index contributed by atoms with van der Waals surface area (Å²) in [5.74, 6) is 1.28. The lowest BCUT2D eigenvalue weighted by Crippen LogP contribution is -2.18. The molecule has 4 rings (SSSR count). The second kappa shape index (κ2) is 6.11. The number of hydrogen-bond acceptors (Lipinski definition) is 6. The highest BCUT2D eigenvalue weighted by Gasteiger charge is 2.34. The molecule has 0 bridgehead atoms. The Bertz CT molecular complexity index is 717. The molecule has 0 spiro atoms. The normalized spacial score (nSPS) is 18.6. The van der Waals surface area contributed by atoms with Crippen molar-refractivity contribution in [3.05, 3.63) is 33.0 Å². The van der Waals surface area contributed by atoms with Crippen LogP contribution in [-0.4, -0.2) is 33.6 Å². The monoisotopic (exact) mass is 412 g/mol. The van der Waals surface area contributed by atoms with Gasteiger partial charge in [-0.05, 0) is 28.1 Å².